The molecule has 2 aromatic heterocycles. The van der Waals surface area contributed by atoms with Crippen LogP contribution in [0.2, 0.25) is 0 Å². The van der Waals surface area contributed by atoms with Crippen molar-refractivity contribution in [3.8, 4) is 11.6 Å². The Morgan fingerprint density at radius 1 is 1.10 bits per heavy atom. The van der Waals surface area contributed by atoms with E-state index in [-0.39, 0.29) is 5.82 Å². The van der Waals surface area contributed by atoms with Crippen molar-refractivity contribution >= 4 is 17.6 Å². The molecule has 2 N–H and O–H groups in total. The number of hydrogen-bond acceptors (Lipinski definition) is 6. The summed E-state index contributed by atoms with van der Waals surface area (Å²) in [5.74, 6) is 1.54. The molecular formula is C14H11FN4OS. The lowest BCUT2D eigenvalue weighted by Gasteiger charge is -1.97. The Balaban J connectivity index is 1.69. The monoisotopic (exact) mass is 302 g/mol. The van der Waals surface area contributed by atoms with Gasteiger partial charge in [-0.15, -0.1) is 11.8 Å². The van der Waals surface area contributed by atoms with Gasteiger partial charge in [0.25, 0.3) is 5.89 Å². The number of anilines is 1. The van der Waals surface area contributed by atoms with E-state index in [0.29, 0.717) is 29.0 Å². The molecule has 0 saturated heterocycles. The summed E-state index contributed by atoms with van der Waals surface area (Å²) in [4.78, 5) is 9.32. The van der Waals surface area contributed by atoms with Gasteiger partial charge in [-0.05, 0) is 36.4 Å². The van der Waals surface area contributed by atoms with Crippen molar-refractivity contribution in [2.45, 2.75) is 10.6 Å². The Morgan fingerprint density at radius 3 is 2.67 bits per heavy atom. The zero-order valence-corrected chi connectivity index (χ0v) is 11.7. The number of halogens is 1. The van der Waals surface area contributed by atoms with Crippen LogP contribution in [0.25, 0.3) is 11.6 Å². The van der Waals surface area contributed by atoms with Crippen molar-refractivity contribution in [3.05, 3.63) is 54.1 Å². The lowest BCUT2D eigenvalue weighted by molar-refractivity contribution is 0.424. The molecule has 0 amide bonds. The van der Waals surface area contributed by atoms with Crippen LogP contribution in [0.5, 0.6) is 0 Å². The van der Waals surface area contributed by atoms with Crippen molar-refractivity contribution in [2.75, 3.05) is 5.73 Å². The van der Waals surface area contributed by atoms with Crippen LogP contribution >= 0.6 is 11.8 Å². The summed E-state index contributed by atoms with van der Waals surface area (Å²) in [5, 5.41) is 3.89. The molecule has 21 heavy (non-hydrogen) atoms. The van der Waals surface area contributed by atoms with Gasteiger partial charge in [0.15, 0.2) is 5.82 Å². The van der Waals surface area contributed by atoms with Crippen molar-refractivity contribution < 1.29 is 8.91 Å². The molecule has 0 aliphatic rings. The largest absolute Gasteiger partial charge is 0.384 e. The van der Waals surface area contributed by atoms with E-state index in [1.165, 1.54) is 23.9 Å². The highest BCUT2D eigenvalue weighted by molar-refractivity contribution is 7.98. The summed E-state index contributed by atoms with van der Waals surface area (Å²) in [6.45, 7) is 0. The lowest BCUT2D eigenvalue weighted by atomic mass is 10.3. The van der Waals surface area contributed by atoms with Crippen molar-refractivity contribution in [3.63, 3.8) is 0 Å². The summed E-state index contributed by atoms with van der Waals surface area (Å²) in [7, 11) is 0. The second-order valence-electron chi connectivity index (χ2n) is 4.21. The van der Waals surface area contributed by atoms with E-state index in [1.807, 2.05) is 0 Å². The maximum atomic E-state index is 12.8. The normalized spacial score (nSPS) is 10.7. The van der Waals surface area contributed by atoms with E-state index in [4.69, 9.17) is 10.3 Å². The van der Waals surface area contributed by atoms with Gasteiger partial charge < -0.3 is 10.3 Å². The summed E-state index contributed by atoms with van der Waals surface area (Å²) >= 11 is 1.50. The molecular weight excluding hydrogens is 291 g/mol. The SMILES string of the molecule is Nc1cccc(-c2nc(CSc3ccc(F)cc3)no2)n1. The van der Waals surface area contributed by atoms with Crippen LogP contribution in [0.3, 0.4) is 0 Å². The minimum Gasteiger partial charge on any atom is -0.384 e. The topological polar surface area (TPSA) is 77.8 Å². The van der Waals surface area contributed by atoms with Crippen LogP contribution in [0.1, 0.15) is 5.82 Å². The van der Waals surface area contributed by atoms with E-state index < -0.39 is 0 Å². The first-order valence-electron chi connectivity index (χ1n) is 6.14. The fraction of sp³-hybridized carbons (Fsp3) is 0.0714. The van der Waals surface area contributed by atoms with Crippen LogP contribution in [-0.4, -0.2) is 15.1 Å². The third-order valence-electron chi connectivity index (χ3n) is 2.64. The van der Waals surface area contributed by atoms with Gasteiger partial charge in [0, 0.05) is 4.90 Å². The zero-order valence-electron chi connectivity index (χ0n) is 10.9. The van der Waals surface area contributed by atoms with Gasteiger partial charge in [-0.3, -0.25) is 0 Å². The van der Waals surface area contributed by atoms with E-state index in [0.717, 1.165) is 4.90 Å². The first-order chi connectivity index (χ1) is 10.2. The molecule has 0 aliphatic heterocycles. The van der Waals surface area contributed by atoms with Gasteiger partial charge in [-0.1, -0.05) is 11.2 Å². The Hall–Kier alpha value is -2.41. The molecule has 1 aromatic carbocycles. The smallest absolute Gasteiger partial charge is 0.276 e. The third kappa shape index (κ3) is 3.38. The quantitative estimate of drug-likeness (QED) is 0.746. The Morgan fingerprint density at radius 2 is 1.90 bits per heavy atom. The number of aromatic nitrogens is 3. The number of thioether (sulfide) groups is 1. The van der Waals surface area contributed by atoms with Crippen LogP contribution < -0.4 is 5.73 Å². The lowest BCUT2D eigenvalue weighted by Crippen LogP contribution is -1.91. The second kappa shape index (κ2) is 5.92. The maximum absolute atomic E-state index is 12.8. The minimum absolute atomic E-state index is 0.256. The fourth-order valence-corrected chi connectivity index (χ4v) is 2.41. The van der Waals surface area contributed by atoms with E-state index in [2.05, 4.69) is 15.1 Å². The number of benzene rings is 1. The van der Waals surface area contributed by atoms with Crippen LogP contribution in [0.4, 0.5) is 10.2 Å². The summed E-state index contributed by atoms with van der Waals surface area (Å²) in [6.07, 6.45) is 0. The molecule has 0 unspecified atom stereocenters. The average Bonchev–Trinajstić information content (AvgIpc) is 2.96. The molecule has 0 fully saturated rings. The molecule has 7 heteroatoms. The molecule has 0 aliphatic carbocycles. The van der Waals surface area contributed by atoms with Crippen LogP contribution in [-0.2, 0) is 5.75 Å². The van der Waals surface area contributed by atoms with Crippen molar-refractivity contribution in [2.24, 2.45) is 0 Å². The van der Waals surface area contributed by atoms with Gasteiger partial charge in [0.1, 0.15) is 17.3 Å². The summed E-state index contributed by atoms with van der Waals surface area (Å²) < 4.78 is 18.0. The number of nitrogens with zero attached hydrogens (tertiary/aromatic N) is 3. The highest BCUT2D eigenvalue weighted by atomic mass is 32.2. The van der Waals surface area contributed by atoms with Gasteiger partial charge in [-0.25, -0.2) is 9.37 Å². The van der Waals surface area contributed by atoms with Gasteiger partial charge >= 0.3 is 0 Å². The number of pyridine rings is 1. The Bertz CT molecular complexity index is 745. The molecule has 0 radical (unpaired) electrons. The molecule has 3 aromatic rings. The molecule has 0 atom stereocenters. The fourth-order valence-electron chi connectivity index (χ4n) is 1.67. The molecule has 2 heterocycles. The highest BCUT2D eigenvalue weighted by Crippen LogP contribution is 2.23. The molecule has 106 valence electrons. The second-order valence-corrected chi connectivity index (χ2v) is 5.25. The first-order valence-corrected chi connectivity index (χ1v) is 7.13. The standard InChI is InChI=1S/C14H11FN4OS/c15-9-4-6-10(7-5-9)21-8-13-18-14(20-19-13)11-2-1-3-12(16)17-11/h1-7H,8H2,(H2,16,17). The van der Waals surface area contributed by atoms with Crippen molar-refractivity contribution in [1.29, 1.82) is 0 Å². The predicted octanol–water partition coefficient (Wildman–Crippen LogP) is 3.15. The van der Waals surface area contributed by atoms with Gasteiger partial charge in [-0.2, -0.15) is 4.98 Å². The molecule has 0 spiro atoms. The van der Waals surface area contributed by atoms with Crippen molar-refractivity contribution in [1.82, 2.24) is 15.1 Å². The number of nitrogen functional groups attached to an aromatic ring is 1. The molecule has 0 saturated carbocycles. The average molecular weight is 302 g/mol. The summed E-state index contributed by atoms with van der Waals surface area (Å²) in [5.41, 5.74) is 6.16. The first kappa shape index (κ1) is 13.6. The molecule has 0 bridgehead atoms. The van der Waals surface area contributed by atoms with E-state index >= 15 is 0 Å². The van der Waals surface area contributed by atoms with Crippen LogP contribution in [0.15, 0.2) is 51.9 Å². The zero-order chi connectivity index (χ0) is 14.7. The van der Waals surface area contributed by atoms with E-state index in [1.54, 1.807) is 30.3 Å². The van der Waals surface area contributed by atoms with Crippen LogP contribution in [0, 0.1) is 5.82 Å². The maximum Gasteiger partial charge on any atom is 0.276 e. The highest BCUT2D eigenvalue weighted by Gasteiger charge is 2.10. The Kier molecular flexibility index (Phi) is 3.83. The number of rotatable bonds is 4. The number of hydrogen-bond donors (Lipinski definition) is 1. The van der Waals surface area contributed by atoms with E-state index in [9.17, 15) is 4.39 Å². The molecule has 3 rings (SSSR count). The minimum atomic E-state index is -0.256. The Labute approximate surface area is 124 Å². The van der Waals surface area contributed by atoms with Gasteiger partial charge in [0.2, 0.25) is 0 Å². The predicted molar refractivity (Wildman–Crippen MR) is 77.9 cm³/mol. The third-order valence-corrected chi connectivity index (χ3v) is 3.65. The van der Waals surface area contributed by atoms with Gasteiger partial charge in [0.05, 0.1) is 5.75 Å². The number of nitrogens with two attached hydrogens (primary N) is 1. The summed E-state index contributed by atoms with van der Waals surface area (Å²) in [6, 6.07) is 11.5. The molecule has 5 nitrogen and oxygen atoms in total.